The highest BCUT2D eigenvalue weighted by Crippen LogP contribution is 2.58. The summed E-state index contributed by atoms with van der Waals surface area (Å²) in [5.41, 5.74) is 10.2. The number of benzene rings is 5. The minimum atomic E-state index is -0.396. The monoisotopic (exact) mass is 422 g/mol. The van der Waals surface area contributed by atoms with Gasteiger partial charge in [-0.3, -0.25) is 4.79 Å². The zero-order valence-corrected chi connectivity index (χ0v) is 18.1. The molecule has 5 aromatic rings. The summed E-state index contributed by atoms with van der Waals surface area (Å²) in [6, 6.07) is 44.9. The van der Waals surface area contributed by atoms with E-state index in [-0.39, 0.29) is 0 Å². The fraction of sp³-hybridized carbons (Fsp3) is 0.0312. The fourth-order valence-corrected chi connectivity index (χ4v) is 5.47. The van der Waals surface area contributed by atoms with Crippen LogP contribution in [0.25, 0.3) is 22.3 Å². The number of hydrogen-bond donors (Lipinski definition) is 0. The van der Waals surface area contributed by atoms with E-state index in [0.717, 1.165) is 11.8 Å². The van der Waals surface area contributed by atoms with Crippen molar-refractivity contribution in [3.8, 4) is 22.3 Å². The summed E-state index contributed by atoms with van der Waals surface area (Å²) in [7, 11) is 0. The molecule has 1 aliphatic rings. The first-order chi connectivity index (χ1) is 16.3. The molecule has 0 amide bonds. The summed E-state index contributed by atoms with van der Waals surface area (Å²) in [6.07, 6.45) is 0.893. The summed E-state index contributed by atoms with van der Waals surface area (Å²) >= 11 is 0. The summed E-state index contributed by atoms with van der Waals surface area (Å²) in [5, 5.41) is 0. The van der Waals surface area contributed by atoms with Crippen molar-refractivity contribution in [3.63, 3.8) is 0 Å². The van der Waals surface area contributed by atoms with Crippen molar-refractivity contribution in [2.75, 3.05) is 0 Å². The van der Waals surface area contributed by atoms with E-state index in [9.17, 15) is 4.79 Å². The van der Waals surface area contributed by atoms with E-state index >= 15 is 0 Å². The third-order valence-corrected chi connectivity index (χ3v) is 6.84. The van der Waals surface area contributed by atoms with E-state index in [1.807, 2.05) is 24.3 Å². The average Bonchev–Trinajstić information content (AvgIpc) is 3.21. The minimum absolute atomic E-state index is 0.396. The number of rotatable bonds is 4. The van der Waals surface area contributed by atoms with Crippen LogP contribution in [0.4, 0.5) is 0 Å². The molecule has 0 spiro atoms. The Morgan fingerprint density at radius 3 is 1.67 bits per heavy atom. The highest BCUT2D eigenvalue weighted by Gasteiger charge is 2.46. The Hall–Kier alpha value is -4.23. The van der Waals surface area contributed by atoms with Crippen LogP contribution >= 0.6 is 0 Å². The molecule has 0 heterocycles. The zero-order chi connectivity index (χ0) is 22.3. The summed E-state index contributed by atoms with van der Waals surface area (Å²) in [4.78, 5) is 11.2. The summed E-state index contributed by atoms with van der Waals surface area (Å²) in [5.74, 6) is 0. The van der Waals surface area contributed by atoms with Gasteiger partial charge in [-0.15, -0.1) is 0 Å². The van der Waals surface area contributed by atoms with Crippen molar-refractivity contribution in [2.45, 2.75) is 5.41 Å². The lowest BCUT2D eigenvalue weighted by atomic mass is 9.67. The van der Waals surface area contributed by atoms with E-state index in [1.165, 1.54) is 38.9 Å². The molecule has 0 unspecified atom stereocenters. The lowest BCUT2D eigenvalue weighted by molar-refractivity contribution is 0.112. The largest absolute Gasteiger partial charge is 0.298 e. The predicted molar refractivity (Wildman–Crippen MR) is 135 cm³/mol. The zero-order valence-electron chi connectivity index (χ0n) is 18.1. The average molecular weight is 423 g/mol. The fourth-order valence-electron chi connectivity index (χ4n) is 5.47. The molecule has 0 fully saturated rings. The Bertz CT molecular complexity index is 1410. The summed E-state index contributed by atoms with van der Waals surface area (Å²) < 4.78 is 0. The molecule has 0 saturated carbocycles. The number of hydrogen-bond acceptors (Lipinski definition) is 1. The van der Waals surface area contributed by atoms with Crippen LogP contribution in [0.5, 0.6) is 0 Å². The van der Waals surface area contributed by atoms with Gasteiger partial charge in [-0.25, -0.2) is 0 Å². The topological polar surface area (TPSA) is 17.1 Å². The van der Waals surface area contributed by atoms with Crippen molar-refractivity contribution in [1.29, 1.82) is 0 Å². The molecule has 0 atom stereocenters. The quantitative estimate of drug-likeness (QED) is 0.268. The number of carbonyl (C=O) groups is 1. The maximum Gasteiger partial charge on any atom is 0.150 e. The van der Waals surface area contributed by atoms with Gasteiger partial charge < -0.3 is 0 Å². The van der Waals surface area contributed by atoms with Crippen LogP contribution in [0.3, 0.4) is 0 Å². The van der Waals surface area contributed by atoms with Gasteiger partial charge >= 0.3 is 0 Å². The molecule has 1 aliphatic carbocycles. The Balaban J connectivity index is 1.74. The molecule has 0 N–H and O–H groups in total. The first-order valence-electron chi connectivity index (χ1n) is 11.2. The Labute approximate surface area is 194 Å². The highest BCUT2D eigenvalue weighted by molar-refractivity contribution is 5.95. The van der Waals surface area contributed by atoms with Gasteiger partial charge in [0.15, 0.2) is 0 Å². The van der Waals surface area contributed by atoms with Gasteiger partial charge in [-0.05, 0) is 44.5 Å². The van der Waals surface area contributed by atoms with Crippen LogP contribution in [0.1, 0.15) is 32.6 Å². The first kappa shape index (κ1) is 19.5. The molecule has 0 aromatic heterocycles. The van der Waals surface area contributed by atoms with Crippen molar-refractivity contribution in [2.24, 2.45) is 0 Å². The Morgan fingerprint density at radius 1 is 0.485 bits per heavy atom. The molecular weight excluding hydrogens is 400 g/mol. The lowest BCUT2D eigenvalue weighted by Gasteiger charge is -2.34. The van der Waals surface area contributed by atoms with Crippen LogP contribution in [0, 0.1) is 0 Å². The van der Waals surface area contributed by atoms with Crippen molar-refractivity contribution >= 4 is 6.29 Å². The van der Waals surface area contributed by atoms with Crippen LogP contribution in [0.15, 0.2) is 127 Å². The predicted octanol–water partition coefficient (Wildman–Crippen LogP) is 7.53. The molecule has 1 nitrogen and oxygen atoms in total. The van der Waals surface area contributed by atoms with E-state index in [1.54, 1.807) is 0 Å². The van der Waals surface area contributed by atoms with E-state index < -0.39 is 5.41 Å². The van der Waals surface area contributed by atoms with Crippen LogP contribution in [0.2, 0.25) is 0 Å². The molecular formula is C32H22O. The molecule has 0 saturated heterocycles. The molecule has 0 bridgehead atoms. The van der Waals surface area contributed by atoms with E-state index in [0.29, 0.717) is 5.56 Å². The van der Waals surface area contributed by atoms with E-state index in [2.05, 4.69) is 103 Å². The molecule has 1 heteroatoms. The molecule has 33 heavy (non-hydrogen) atoms. The minimum Gasteiger partial charge on any atom is -0.298 e. The van der Waals surface area contributed by atoms with Gasteiger partial charge in [-0.1, -0.05) is 127 Å². The van der Waals surface area contributed by atoms with Gasteiger partial charge in [0.05, 0.1) is 5.41 Å². The SMILES string of the molecule is O=Cc1ccc(-c2cccc3c2-c2ccccc2C3(c2ccccc2)c2ccccc2)cc1. The van der Waals surface area contributed by atoms with Gasteiger partial charge in [0, 0.05) is 5.56 Å². The standard InChI is InChI=1S/C32H22O/c33-22-23-18-20-24(21-19-23)27-15-9-17-30-31(27)28-14-7-8-16-29(28)32(30,25-10-3-1-4-11-25)26-12-5-2-6-13-26/h1-22H. The molecule has 156 valence electrons. The Kier molecular flexibility index (Phi) is 4.55. The molecule has 6 rings (SSSR count). The van der Waals surface area contributed by atoms with Crippen molar-refractivity contribution in [1.82, 2.24) is 0 Å². The third-order valence-electron chi connectivity index (χ3n) is 6.84. The third kappa shape index (κ3) is 2.83. The van der Waals surface area contributed by atoms with Gasteiger partial charge in [0.1, 0.15) is 6.29 Å². The van der Waals surface area contributed by atoms with Crippen LogP contribution in [-0.2, 0) is 5.41 Å². The van der Waals surface area contributed by atoms with Gasteiger partial charge in [0.25, 0.3) is 0 Å². The molecule has 0 radical (unpaired) electrons. The second kappa shape index (κ2) is 7.72. The normalized spacial score (nSPS) is 13.2. The summed E-state index contributed by atoms with van der Waals surface area (Å²) in [6.45, 7) is 0. The smallest absolute Gasteiger partial charge is 0.150 e. The maximum absolute atomic E-state index is 11.2. The Morgan fingerprint density at radius 2 is 1.03 bits per heavy atom. The van der Waals surface area contributed by atoms with Crippen molar-refractivity contribution in [3.05, 3.63) is 155 Å². The second-order valence-electron chi connectivity index (χ2n) is 8.50. The van der Waals surface area contributed by atoms with Crippen LogP contribution < -0.4 is 0 Å². The second-order valence-corrected chi connectivity index (χ2v) is 8.50. The van der Waals surface area contributed by atoms with Crippen molar-refractivity contribution < 1.29 is 4.79 Å². The van der Waals surface area contributed by atoms with Gasteiger partial charge in [-0.2, -0.15) is 0 Å². The first-order valence-corrected chi connectivity index (χ1v) is 11.2. The maximum atomic E-state index is 11.2. The number of aldehydes is 1. The number of fused-ring (bicyclic) bond motifs is 3. The molecule has 5 aromatic carbocycles. The molecule has 0 aliphatic heterocycles. The lowest BCUT2D eigenvalue weighted by Crippen LogP contribution is -2.28. The highest BCUT2D eigenvalue weighted by atomic mass is 16.1. The van der Waals surface area contributed by atoms with Gasteiger partial charge in [0.2, 0.25) is 0 Å². The number of carbonyl (C=O) groups excluding carboxylic acids is 1. The van der Waals surface area contributed by atoms with E-state index in [4.69, 9.17) is 0 Å². The van der Waals surface area contributed by atoms with Crippen LogP contribution in [-0.4, -0.2) is 6.29 Å².